The van der Waals surface area contributed by atoms with Crippen LogP contribution in [0.25, 0.3) is 0 Å². The summed E-state index contributed by atoms with van der Waals surface area (Å²) in [4.78, 5) is 1.47. The molecule has 1 aromatic heterocycles. The maximum absolute atomic E-state index is 3.60. The van der Waals surface area contributed by atoms with Crippen LogP contribution in [0.4, 0.5) is 0 Å². The van der Waals surface area contributed by atoms with Crippen LogP contribution >= 0.6 is 23.1 Å². The first-order valence-corrected chi connectivity index (χ1v) is 7.45. The predicted molar refractivity (Wildman–Crippen MR) is 73.1 cm³/mol. The van der Waals surface area contributed by atoms with Crippen LogP contribution in [0, 0.1) is 0 Å². The third kappa shape index (κ3) is 5.05. The number of nitrogens with one attached hydrogen (secondary N) is 1. The lowest BCUT2D eigenvalue weighted by Gasteiger charge is -2.25. The largest absolute Gasteiger partial charge is 0.313 e. The molecular weight excluding hydrogens is 222 g/mol. The molecule has 0 saturated carbocycles. The Kier molecular flexibility index (Phi) is 5.16. The smallest absolute Gasteiger partial charge is 0.0225 e. The topological polar surface area (TPSA) is 12.0 Å². The predicted octanol–water partition coefficient (Wildman–Crippen LogP) is 3.41. The van der Waals surface area contributed by atoms with Gasteiger partial charge in [-0.15, -0.1) is 11.3 Å². The minimum Gasteiger partial charge on any atom is -0.313 e. The van der Waals surface area contributed by atoms with Crippen molar-refractivity contribution < 1.29 is 0 Å². The highest BCUT2D eigenvalue weighted by Crippen LogP contribution is 2.20. The summed E-state index contributed by atoms with van der Waals surface area (Å²) >= 11 is 3.76. The molecule has 0 fully saturated rings. The van der Waals surface area contributed by atoms with Crippen LogP contribution in [0.3, 0.4) is 0 Å². The van der Waals surface area contributed by atoms with Gasteiger partial charge in [-0.05, 0) is 44.9 Å². The maximum Gasteiger partial charge on any atom is 0.0225 e. The van der Waals surface area contributed by atoms with Crippen molar-refractivity contribution in [3.05, 3.63) is 22.4 Å². The zero-order valence-electron chi connectivity index (χ0n) is 10.0. The van der Waals surface area contributed by atoms with Crippen LogP contribution < -0.4 is 5.32 Å². The summed E-state index contributed by atoms with van der Waals surface area (Å²) in [7, 11) is 0. The van der Waals surface area contributed by atoms with Crippen LogP contribution in [0.2, 0.25) is 0 Å². The number of hydrogen-bond donors (Lipinski definition) is 1. The van der Waals surface area contributed by atoms with Gasteiger partial charge in [0.25, 0.3) is 0 Å². The van der Waals surface area contributed by atoms with Crippen molar-refractivity contribution in [1.29, 1.82) is 0 Å². The molecule has 0 aliphatic carbocycles. The molecule has 0 aromatic carbocycles. The normalized spacial score (nSPS) is 14.1. The van der Waals surface area contributed by atoms with Gasteiger partial charge in [-0.2, -0.15) is 11.8 Å². The zero-order chi connectivity index (χ0) is 11.3. The molecule has 15 heavy (non-hydrogen) atoms. The summed E-state index contributed by atoms with van der Waals surface area (Å²) < 4.78 is 0.337. The second kappa shape index (κ2) is 5.92. The van der Waals surface area contributed by atoms with Gasteiger partial charge in [0.05, 0.1) is 0 Å². The third-order valence-electron chi connectivity index (χ3n) is 2.52. The van der Waals surface area contributed by atoms with Crippen LogP contribution in [0.5, 0.6) is 0 Å². The Balaban J connectivity index is 2.28. The van der Waals surface area contributed by atoms with Crippen molar-refractivity contribution in [3.8, 4) is 0 Å². The highest BCUT2D eigenvalue weighted by Gasteiger charge is 2.16. The van der Waals surface area contributed by atoms with Crippen LogP contribution in [0.1, 0.15) is 25.6 Å². The Morgan fingerprint density at radius 3 is 2.80 bits per heavy atom. The number of thioether (sulfide) groups is 1. The molecule has 0 spiro atoms. The van der Waals surface area contributed by atoms with Gasteiger partial charge in [-0.1, -0.05) is 6.07 Å². The molecule has 1 rings (SSSR count). The van der Waals surface area contributed by atoms with Gasteiger partial charge >= 0.3 is 0 Å². The molecule has 0 aliphatic rings. The third-order valence-corrected chi connectivity index (χ3v) is 4.66. The average molecular weight is 243 g/mol. The quantitative estimate of drug-likeness (QED) is 0.822. The van der Waals surface area contributed by atoms with E-state index >= 15 is 0 Å². The number of rotatable bonds is 6. The summed E-state index contributed by atoms with van der Waals surface area (Å²) in [5, 5.41) is 5.74. The summed E-state index contributed by atoms with van der Waals surface area (Å²) in [6, 6.07) is 4.90. The zero-order valence-corrected chi connectivity index (χ0v) is 11.7. The van der Waals surface area contributed by atoms with E-state index in [1.54, 1.807) is 0 Å². The lowest BCUT2D eigenvalue weighted by molar-refractivity contribution is 0.506. The van der Waals surface area contributed by atoms with E-state index in [2.05, 4.69) is 49.9 Å². The second-order valence-corrected chi connectivity index (χ2v) is 7.07. The summed E-state index contributed by atoms with van der Waals surface area (Å²) in [5.74, 6) is 0. The highest BCUT2D eigenvalue weighted by molar-refractivity contribution is 7.99. The van der Waals surface area contributed by atoms with Crippen molar-refractivity contribution in [1.82, 2.24) is 5.32 Å². The lowest BCUT2D eigenvalue weighted by Crippen LogP contribution is -2.38. The molecule has 1 N–H and O–H groups in total. The molecule has 1 heterocycles. The van der Waals surface area contributed by atoms with Gasteiger partial charge in [-0.3, -0.25) is 0 Å². The Morgan fingerprint density at radius 2 is 2.27 bits per heavy atom. The van der Waals surface area contributed by atoms with Crippen molar-refractivity contribution in [2.24, 2.45) is 0 Å². The summed E-state index contributed by atoms with van der Waals surface area (Å²) in [6.45, 7) is 7.89. The van der Waals surface area contributed by atoms with Crippen LogP contribution in [0.15, 0.2) is 17.5 Å². The molecule has 1 unspecified atom stereocenters. The molecule has 86 valence electrons. The van der Waals surface area contributed by atoms with Crippen molar-refractivity contribution in [2.75, 3.05) is 12.8 Å². The van der Waals surface area contributed by atoms with Crippen LogP contribution in [-0.2, 0) is 6.42 Å². The molecule has 3 heteroatoms. The summed E-state index contributed by atoms with van der Waals surface area (Å²) in [6.07, 6.45) is 3.31. The fraction of sp³-hybridized carbons (Fsp3) is 0.667. The SMILES string of the molecule is CSC(C)(C)CNC(C)Cc1cccs1. The van der Waals surface area contributed by atoms with Gasteiger partial charge in [0.15, 0.2) is 0 Å². The summed E-state index contributed by atoms with van der Waals surface area (Å²) in [5.41, 5.74) is 0. The minimum atomic E-state index is 0.337. The van der Waals surface area contributed by atoms with E-state index < -0.39 is 0 Å². The van der Waals surface area contributed by atoms with Crippen molar-refractivity contribution >= 4 is 23.1 Å². The molecular formula is C12H21NS2. The van der Waals surface area contributed by atoms with Gasteiger partial charge < -0.3 is 5.32 Å². The van der Waals surface area contributed by atoms with Crippen LogP contribution in [-0.4, -0.2) is 23.6 Å². The minimum absolute atomic E-state index is 0.337. The Hall–Kier alpha value is 0.01000. The first kappa shape index (κ1) is 13.1. The fourth-order valence-electron chi connectivity index (χ4n) is 1.29. The van der Waals surface area contributed by atoms with Gasteiger partial charge in [0.2, 0.25) is 0 Å². The van der Waals surface area contributed by atoms with E-state index in [0.29, 0.717) is 10.8 Å². The molecule has 0 bridgehead atoms. The van der Waals surface area contributed by atoms with E-state index in [9.17, 15) is 0 Å². The maximum atomic E-state index is 3.60. The van der Waals surface area contributed by atoms with E-state index in [1.807, 2.05) is 23.1 Å². The van der Waals surface area contributed by atoms with E-state index in [4.69, 9.17) is 0 Å². The van der Waals surface area contributed by atoms with E-state index in [0.717, 1.165) is 13.0 Å². The molecule has 0 aliphatic heterocycles. The lowest BCUT2D eigenvalue weighted by atomic mass is 10.1. The first-order valence-electron chi connectivity index (χ1n) is 5.34. The Bertz CT molecular complexity index is 267. The molecule has 1 nitrogen and oxygen atoms in total. The molecule has 1 aromatic rings. The molecule has 0 radical (unpaired) electrons. The van der Waals surface area contributed by atoms with Crippen molar-refractivity contribution in [3.63, 3.8) is 0 Å². The second-order valence-electron chi connectivity index (χ2n) is 4.53. The monoisotopic (exact) mass is 243 g/mol. The highest BCUT2D eigenvalue weighted by atomic mass is 32.2. The first-order chi connectivity index (χ1) is 7.03. The van der Waals surface area contributed by atoms with Crippen molar-refractivity contribution in [2.45, 2.75) is 38.0 Å². The van der Waals surface area contributed by atoms with Gasteiger partial charge in [0, 0.05) is 22.2 Å². The standard InChI is InChI=1S/C12H21NS2/c1-10(8-11-6-5-7-15-11)13-9-12(2,3)14-4/h5-7,10,13H,8-9H2,1-4H3. The van der Waals surface area contributed by atoms with E-state index in [1.165, 1.54) is 4.88 Å². The van der Waals surface area contributed by atoms with E-state index in [-0.39, 0.29) is 0 Å². The molecule has 1 atom stereocenters. The Morgan fingerprint density at radius 1 is 1.53 bits per heavy atom. The molecule has 0 saturated heterocycles. The van der Waals surface area contributed by atoms with Gasteiger partial charge in [0.1, 0.15) is 0 Å². The molecule has 0 amide bonds. The van der Waals surface area contributed by atoms with Gasteiger partial charge in [-0.25, -0.2) is 0 Å². The number of thiophene rings is 1. The average Bonchev–Trinajstić information content (AvgIpc) is 2.68. The fourth-order valence-corrected chi connectivity index (χ4v) is 2.36. The Labute approximate surface area is 102 Å². The number of hydrogen-bond acceptors (Lipinski definition) is 3.